The monoisotopic (exact) mass is 386 g/mol. The summed E-state index contributed by atoms with van der Waals surface area (Å²) in [5.41, 5.74) is 4.00. The van der Waals surface area contributed by atoms with Crippen LogP contribution in [0.3, 0.4) is 0 Å². The van der Waals surface area contributed by atoms with E-state index >= 15 is 0 Å². The van der Waals surface area contributed by atoms with Gasteiger partial charge in [-0.05, 0) is 67.5 Å². The van der Waals surface area contributed by atoms with E-state index in [-0.39, 0.29) is 16.8 Å². The molecule has 1 aliphatic rings. The Morgan fingerprint density at radius 1 is 1.04 bits per heavy atom. The number of hydrogen-bond acceptors (Lipinski definition) is 3. The highest BCUT2D eigenvalue weighted by Crippen LogP contribution is 2.25. The van der Waals surface area contributed by atoms with Crippen LogP contribution < -0.4 is 4.72 Å². The first kappa shape index (κ1) is 19.6. The van der Waals surface area contributed by atoms with E-state index < -0.39 is 10.0 Å². The molecule has 1 amide bonds. The second-order valence-corrected chi connectivity index (χ2v) is 9.02. The molecule has 2 aromatic carbocycles. The third kappa shape index (κ3) is 4.39. The van der Waals surface area contributed by atoms with Gasteiger partial charge in [-0.1, -0.05) is 24.3 Å². The summed E-state index contributed by atoms with van der Waals surface area (Å²) in [5.74, 6) is -0.227. The van der Waals surface area contributed by atoms with E-state index in [1.807, 2.05) is 13.0 Å². The number of carbonyl (C=O) groups is 1. The van der Waals surface area contributed by atoms with E-state index in [2.05, 4.69) is 16.9 Å². The standard InChI is InChI=1S/C21H26N2O3S/c1-15(17-12-11-16-7-4-5-8-18(16)13-17)22-27(25,26)20-10-6-9-19(14-20)21(24)23(2)3/h6,9-15,22H,4-5,7-8H2,1-3H3. The minimum atomic E-state index is -3.73. The van der Waals surface area contributed by atoms with Gasteiger partial charge in [0.25, 0.3) is 5.91 Å². The third-order valence-electron chi connectivity index (χ3n) is 5.00. The van der Waals surface area contributed by atoms with Gasteiger partial charge >= 0.3 is 0 Å². The number of amides is 1. The fourth-order valence-corrected chi connectivity index (χ4v) is 4.72. The maximum absolute atomic E-state index is 12.8. The summed E-state index contributed by atoms with van der Waals surface area (Å²) >= 11 is 0. The lowest BCUT2D eigenvalue weighted by molar-refractivity contribution is 0.0827. The molecular formula is C21H26N2O3S. The van der Waals surface area contributed by atoms with Crippen molar-refractivity contribution in [2.24, 2.45) is 0 Å². The van der Waals surface area contributed by atoms with Crippen molar-refractivity contribution >= 4 is 15.9 Å². The topological polar surface area (TPSA) is 66.5 Å². The summed E-state index contributed by atoms with van der Waals surface area (Å²) in [4.78, 5) is 13.6. The fourth-order valence-electron chi connectivity index (χ4n) is 3.45. The molecule has 27 heavy (non-hydrogen) atoms. The van der Waals surface area contributed by atoms with E-state index in [1.54, 1.807) is 26.2 Å². The molecule has 5 nitrogen and oxygen atoms in total. The Bertz CT molecular complexity index is 952. The number of sulfonamides is 1. The number of aryl methyl sites for hydroxylation is 2. The summed E-state index contributed by atoms with van der Waals surface area (Å²) in [7, 11) is -0.454. The zero-order valence-corrected chi connectivity index (χ0v) is 16.8. The smallest absolute Gasteiger partial charge is 0.253 e. The van der Waals surface area contributed by atoms with Gasteiger partial charge in [-0.3, -0.25) is 4.79 Å². The summed E-state index contributed by atoms with van der Waals surface area (Å²) < 4.78 is 28.4. The van der Waals surface area contributed by atoms with E-state index in [4.69, 9.17) is 0 Å². The maximum Gasteiger partial charge on any atom is 0.253 e. The molecule has 2 aromatic rings. The molecule has 0 aromatic heterocycles. The van der Waals surface area contributed by atoms with Crippen molar-refractivity contribution in [1.82, 2.24) is 9.62 Å². The van der Waals surface area contributed by atoms with Gasteiger partial charge in [0.2, 0.25) is 10.0 Å². The number of rotatable bonds is 5. The van der Waals surface area contributed by atoms with E-state index in [9.17, 15) is 13.2 Å². The van der Waals surface area contributed by atoms with Crippen LogP contribution in [0.1, 0.15) is 52.9 Å². The Morgan fingerprint density at radius 2 is 1.74 bits per heavy atom. The van der Waals surface area contributed by atoms with Gasteiger partial charge in [-0.2, -0.15) is 0 Å². The number of nitrogens with one attached hydrogen (secondary N) is 1. The zero-order chi connectivity index (χ0) is 19.6. The first-order valence-electron chi connectivity index (χ1n) is 9.23. The fraction of sp³-hybridized carbons (Fsp3) is 0.381. The van der Waals surface area contributed by atoms with Crippen LogP contribution in [-0.2, 0) is 22.9 Å². The molecule has 0 bridgehead atoms. The third-order valence-corrected chi connectivity index (χ3v) is 6.54. The average Bonchev–Trinajstić information content (AvgIpc) is 2.66. The zero-order valence-electron chi connectivity index (χ0n) is 16.0. The van der Waals surface area contributed by atoms with Crippen LogP contribution in [0.25, 0.3) is 0 Å². The normalized spacial score (nSPS) is 15.1. The van der Waals surface area contributed by atoms with Crippen LogP contribution in [0.4, 0.5) is 0 Å². The highest BCUT2D eigenvalue weighted by Gasteiger charge is 2.21. The molecule has 1 aliphatic carbocycles. The van der Waals surface area contributed by atoms with Crippen molar-refractivity contribution in [2.75, 3.05) is 14.1 Å². The lowest BCUT2D eigenvalue weighted by atomic mass is 9.89. The first-order valence-corrected chi connectivity index (χ1v) is 10.7. The van der Waals surface area contributed by atoms with Gasteiger partial charge in [-0.15, -0.1) is 0 Å². The van der Waals surface area contributed by atoms with Crippen molar-refractivity contribution in [3.05, 3.63) is 64.7 Å². The molecule has 1 unspecified atom stereocenters. The van der Waals surface area contributed by atoms with Crippen LogP contribution in [-0.4, -0.2) is 33.3 Å². The van der Waals surface area contributed by atoms with Crippen molar-refractivity contribution in [1.29, 1.82) is 0 Å². The largest absolute Gasteiger partial charge is 0.345 e. The molecule has 0 saturated heterocycles. The summed E-state index contributed by atoms with van der Waals surface area (Å²) in [6, 6.07) is 12.0. The highest BCUT2D eigenvalue weighted by atomic mass is 32.2. The minimum absolute atomic E-state index is 0.0972. The number of nitrogens with zero attached hydrogens (tertiary/aromatic N) is 1. The Hall–Kier alpha value is -2.18. The summed E-state index contributed by atoms with van der Waals surface area (Å²) in [6.45, 7) is 1.84. The van der Waals surface area contributed by atoms with Gasteiger partial charge in [0, 0.05) is 25.7 Å². The quantitative estimate of drug-likeness (QED) is 0.857. The van der Waals surface area contributed by atoms with Crippen molar-refractivity contribution in [3.8, 4) is 0 Å². The minimum Gasteiger partial charge on any atom is -0.345 e. The molecule has 0 aliphatic heterocycles. The number of carbonyl (C=O) groups excluding carboxylic acids is 1. The van der Waals surface area contributed by atoms with Crippen LogP contribution in [0.15, 0.2) is 47.4 Å². The maximum atomic E-state index is 12.8. The lowest BCUT2D eigenvalue weighted by Crippen LogP contribution is -2.28. The molecule has 0 saturated carbocycles. The van der Waals surface area contributed by atoms with E-state index in [1.165, 1.54) is 41.0 Å². The first-order chi connectivity index (χ1) is 12.8. The number of fused-ring (bicyclic) bond motifs is 1. The molecule has 0 radical (unpaired) electrons. The van der Waals surface area contributed by atoms with E-state index in [0.29, 0.717) is 5.56 Å². The molecule has 1 atom stereocenters. The summed E-state index contributed by atoms with van der Waals surface area (Å²) in [6.07, 6.45) is 4.56. The molecular weight excluding hydrogens is 360 g/mol. The van der Waals surface area contributed by atoms with Gasteiger partial charge in [0.05, 0.1) is 4.90 Å². The van der Waals surface area contributed by atoms with Crippen LogP contribution in [0.2, 0.25) is 0 Å². The second-order valence-electron chi connectivity index (χ2n) is 7.31. The molecule has 3 rings (SSSR count). The SMILES string of the molecule is CC(NS(=O)(=O)c1cccc(C(=O)N(C)C)c1)c1ccc2c(c1)CCCC2. The molecule has 0 spiro atoms. The Morgan fingerprint density at radius 3 is 2.44 bits per heavy atom. The van der Waals surface area contributed by atoms with Crippen LogP contribution in [0, 0.1) is 0 Å². The van der Waals surface area contributed by atoms with Crippen molar-refractivity contribution in [3.63, 3.8) is 0 Å². The van der Waals surface area contributed by atoms with Gasteiger partial charge in [-0.25, -0.2) is 13.1 Å². The molecule has 0 fully saturated rings. The molecule has 1 N–H and O–H groups in total. The molecule has 0 heterocycles. The number of benzene rings is 2. The Kier molecular flexibility index (Phi) is 5.67. The van der Waals surface area contributed by atoms with Crippen molar-refractivity contribution in [2.45, 2.75) is 43.5 Å². The molecule has 144 valence electrons. The van der Waals surface area contributed by atoms with Gasteiger partial charge in [0.1, 0.15) is 0 Å². The summed E-state index contributed by atoms with van der Waals surface area (Å²) in [5, 5.41) is 0. The number of hydrogen-bond donors (Lipinski definition) is 1. The van der Waals surface area contributed by atoms with Gasteiger partial charge < -0.3 is 4.90 Å². The van der Waals surface area contributed by atoms with E-state index in [0.717, 1.165) is 18.4 Å². The van der Waals surface area contributed by atoms with Gasteiger partial charge in [0.15, 0.2) is 0 Å². The highest BCUT2D eigenvalue weighted by molar-refractivity contribution is 7.89. The van der Waals surface area contributed by atoms with Crippen molar-refractivity contribution < 1.29 is 13.2 Å². The molecule has 6 heteroatoms. The lowest BCUT2D eigenvalue weighted by Gasteiger charge is -2.20. The average molecular weight is 387 g/mol. The predicted molar refractivity (Wildman–Crippen MR) is 106 cm³/mol. The van der Waals surface area contributed by atoms with Crippen LogP contribution in [0.5, 0.6) is 0 Å². The Balaban J connectivity index is 1.82. The Labute approximate surface area is 161 Å². The predicted octanol–water partition coefficient (Wildman–Crippen LogP) is 3.31. The second kappa shape index (κ2) is 7.82. The van der Waals surface area contributed by atoms with Crippen LogP contribution >= 0.6 is 0 Å².